The fourth-order valence-corrected chi connectivity index (χ4v) is 3.33. The fraction of sp³-hybridized carbons (Fsp3) is 0.0909. The summed E-state index contributed by atoms with van der Waals surface area (Å²) >= 11 is 3.44. The number of anilines is 1. The minimum atomic E-state index is -0.604. The highest BCUT2D eigenvalue weighted by Crippen LogP contribution is 2.33. The molecule has 0 unspecified atom stereocenters. The van der Waals surface area contributed by atoms with Crippen LogP contribution in [0.3, 0.4) is 0 Å². The molecule has 0 bridgehead atoms. The molecule has 3 aromatic carbocycles. The summed E-state index contributed by atoms with van der Waals surface area (Å²) < 4.78 is 6.88. The lowest BCUT2D eigenvalue weighted by Gasteiger charge is -2.29. The smallest absolute Gasteiger partial charge is 0.244 e. The Kier molecular flexibility index (Phi) is 5.81. The van der Waals surface area contributed by atoms with Crippen LogP contribution >= 0.6 is 15.9 Å². The van der Waals surface area contributed by atoms with Crippen molar-refractivity contribution in [2.45, 2.75) is 6.04 Å². The Bertz CT molecular complexity index is 944. The van der Waals surface area contributed by atoms with Gasteiger partial charge in [0.2, 0.25) is 5.91 Å². The van der Waals surface area contributed by atoms with Gasteiger partial charge >= 0.3 is 0 Å². The van der Waals surface area contributed by atoms with Crippen LogP contribution in [-0.2, 0) is 4.79 Å². The van der Waals surface area contributed by atoms with Crippen molar-refractivity contribution in [3.8, 4) is 11.5 Å². The second-order valence-electron chi connectivity index (χ2n) is 6.18. The first kappa shape index (κ1) is 19.0. The van der Waals surface area contributed by atoms with E-state index >= 15 is 0 Å². The molecule has 1 amide bonds. The van der Waals surface area contributed by atoms with Gasteiger partial charge in [-0.15, -0.1) is 0 Å². The van der Waals surface area contributed by atoms with Crippen LogP contribution in [0.15, 0.2) is 77.3 Å². The molecular weight excluding hydrogens is 404 g/mol. The van der Waals surface area contributed by atoms with Gasteiger partial charge in [0.25, 0.3) is 0 Å². The Morgan fingerprint density at radius 3 is 2.41 bits per heavy atom. The number of nitrogens with zero attached hydrogens (tertiary/aromatic N) is 1. The summed E-state index contributed by atoms with van der Waals surface area (Å²) in [7, 11) is 1.83. The van der Waals surface area contributed by atoms with Gasteiger partial charge < -0.3 is 15.4 Å². The van der Waals surface area contributed by atoms with Gasteiger partial charge in [-0.3, -0.25) is 4.79 Å². The molecule has 0 aliphatic carbocycles. The van der Waals surface area contributed by atoms with Crippen LogP contribution in [0.25, 0.3) is 0 Å². The number of likely N-dealkylation sites (N-methyl/N-ethyl adjacent to an activating group) is 1. The number of hydrogen-bond acceptors (Lipinski definition) is 3. The maximum Gasteiger partial charge on any atom is 0.244 e. The fourth-order valence-electron chi connectivity index (χ4n) is 2.96. The minimum absolute atomic E-state index is 0.429. The molecule has 3 aromatic rings. The predicted octanol–water partition coefficient (Wildman–Crippen LogP) is 5.09. The molecule has 1 atom stereocenters. The number of carbonyl (C=O) groups is 1. The number of halogens is 1. The van der Waals surface area contributed by atoms with Gasteiger partial charge in [-0.25, -0.2) is 0 Å². The molecule has 0 spiro atoms. The summed E-state index contributed by atoms with van der Waals surface area (Å²) in [5.41, 5.74) is 8.07. The molecule has 4 nitrogen and oxygen atoms in total. The second kappa shape index (κ2) is 8.27. The Morgan fingerprint density at radius 2 is 1.74 bits per heavy atom. The van der Waals surface area contributed by atoms with Crippen LogP contribution in [0.1, 0.15) is 17.2 Å². The second-order valence-corrected chi connectivity index (χ2v) is 7.09. The van der Waals surface area contributed by atoms with Crippen molar-refractivity contribution < 1.29 is 9.53 Å². The highest BCUT2D eigenvalue weighted by molar-refractivity contribution is 9.10. The Morgan fingerprint density at radius 1 is 1.04 bits per heavy atom. The standard InChI is InChI=1S/C22H20BrN2O2/c1-15-11-12-19(27-18-10-6-9-17(23)13-18)14-20(15)25(2)21(22(24)26)16-7-4-3-5-8-16/h3-14,21H,1H2,2H3,(H2,24,26)/t21-/m1/s1. The topological polar surface area (TPSA) is 55.6 Å². The van der Waals surface area contributed by atoms with Crippen molar-refractivity contribution in [1.29, 1.82) is 0 Å². The van der Waals surface area contributed by atoms with Crippen LogP contribution in [-0.4, -0.2) is 13.0 Å². The first-order valence-electron chi connectivity index (χ1n) is 8.42. The summed E-state index contributed by atoms with van der Waals surface area (Å²) in [6, 6.07) is 22.0. The van der Waals surface area contributed by atoms with E-state index in [0.717, 1.165) is 21.3 Å². The zero-order valence-corrected chi connectivity index (χ0v) is 16.5. The number of primary amides is 1. The molecule has 0 aromatic heterocycles. The van der Waals surface area contributed by atoms with Crippen LogP contribution in [0, 0.1) is 6.92 Å². The summed E-state index contributed by atoms with van der Waals surface area (Å²) in [5, 5.41) is 0. The number of rotatable bonds is 6. The van der Waals surface area contributed by atoms with Crippen LogP contribution in [0.4, 0.5) is 5.69 Å². The van der Waals surface area contributed by atoms with Gasteiger partial charge in [-0.05, 0) is 42.3 Å². The van der Waals surface area contributed by atoms with Crippen molar-refractivity contribution in [2.75, 3.05) is 11.9 Å². The highest BCUT2D eigenvalue weighted by atomic mass is 79.9. The van der Waals surface area contributed by atoms with E-state index in [1.54, 1.807) is 0 Å². The van der Waals surface area contributed by atoms with Crippen molar-refractivity contribution in [2.24, 2.45) is 5.73 Å². The Labute approximate surface area is 167 Å². The van der Waals surface area contributed by atoms with Crippen LogP contribution < -0.4 is 15.4 Å². The quantitative estimate of drug-likeness (QED) is 0.600. The molecule has 0 saturated carbocycles. The predicted molar refractivity (Wildman–Crippen MR) is 112 cm³/mol. The van der Waals surface area contributed by atoms with E-state index in [9.17, 15) is 4.79 Å². The molecular formula is C22H20BrN2O2. The first-order chi connectivity index (χ1) is 13.0. The average molecular weight is 424 g/mol. The largest absolute Gasteiger partial charge is 0.457 e. The van der Waals surface area contributed by atoms with E-state index in [0.29, 0.717) is 11.5 Å². The third kappa shape index (κ3) is 4.49. The minimum Gasteiger partial charge on any atom is -0.457 e. The van der Waals surface area contributed by atoms with Gasteiger partial charge in [0.1, 0.15) is 17.5 Å². The van der Waals surface area contributed by atoms with Crippen molar-refractivity contribution >= 4 is 27.5 Å². The van der Waals surface area contributed by atoms with Gasteiger partial charge in [-0.1, -0.05) is 58.4 Å². The molecule has 2 N–H and O–H groups in total. The molecule has 0 heterocycles. The lowest BCUT2D eigenvalue weighted by Crippen LogP contribution is -2.35. The van der Waals surface area contributed by atoms with E-state index in [1.807, 2.05) is 84.7 Å². The SMILES string of the molecule is [CH2]c1ccc(Oc2cccc(Br)c2)cc1N(C)[C@@H](C(N)=O)c1ccccc1. The average Bonchev–Trinajstić information content (AvgIpc) is 2.64. The Hall–Kier alpha value is -2.79. The van der Waals surface area contributed by atoms with Gasteiger partial charge in [0.15, 0.2) is 0 Å². The third-order valence-electron chi connectivity index (χ3n) is 4.24. The molecule has 137 valence electrons. The Balaban J connectivity index is 1.94. The zero-order valence-electron chi connectivity index (χ0n) is 14.9. The number of amides is 1. The number of ether oxygens (including phenoxy) is 1. The molecule has 0 saturated heterocycles. The molecule has 5 heteroatoms. The van der Waals surface area contributed by atoms with E-state index in [1.165, 1.54) is 0 Å². The monoisotopic (exact) mass is 423 g/mol. The lowest BCUT2D eigenvalue weighted by atomic mass is 10.0. The van der Waals surface area contributed by atoms with Crippen molar-refractivity contribution in [3.63, 3.8) is 0 Å². The highest BCUT2D eigenvalue weighted by Gasteiger charge is 2.24. The molecule has 0 fully saturated rings. The molecule has 27 heavy (non-hydrogen) atoms. The maximum absolute atomic E-state index is 12.2. The van der Waals surface area contributed by atoms with E-state index in [4.69, 9.17) is 10.5 Å². The normalized spacial score (nSPS) is 11.7. The summed E-state index contributed by atoms with van der Waals surface area (Å²) in [5.74, 6) is 0.935. The summed E-state index contributed by atoms with van der Waals surface area (Å²) in [4.78, 5) is 14.0. The number of benzene rings is 3. The lowest BCUT2D eigenvalue weighted by molar-refractivity contribution is -0.119. The van der Waals surface area contributed by atoms with Crippen LogP contribution in [0.2, 0.25) is 0 Å². The number of nitrogens with two attached hydrogens (primary N) is 1. The third-order valence-corrected chi connectivity index (χ3v) is 4.73. The summed E-state index contributed by atoms with van der Waals surface area (Å²) in [6.45, 7) is 4.08. The number of carbonyl (C=O) groups excluding carboxylic acids is 1. The van der Waals surface area contributed by atoms with Gasteiger partial charge in [0, 0.05) is 23.3 Å². The van der Waals surface area contributed by atoms with E-state index in [-0.39, 0.29) is 0 Å². The van der Waals surface area contributed by atoms with E-state index in [2.05, 4.69) is 22.9 Å². The molecule has 0 aliphatic heterocycles. The van der Waals surface area contributed by atoms with Crippen molar-refractivity contribution in [1.82, 2.24) is 0 Å². The summed E-state index contributed by atoms with van der Waals surface area (Å²) in [6.07, 6.45) is 0. The van der Waals surface area contributed by atoms with Gasteiger partial charge in [-0.2, -0.15) is 0 Å². The van der Waals surface area contributed by atoms with Crippen LogP contribution in [0.5, 0.6) is 11.5 Å². The molecule has 0 aliphatic rings. The zero-order chi connectivity index (χ0) is 19.4. The number of hydrogen-bond donors (Lipinski definition) is 1. The molecule has 1 radical (unpaired) electrons. The maximum atomic E-state index is 12.2. The van der Waals surface area contributed by atoms with Crippen molar-refractivity contribution in [3.05, 3.63) is 95.3 Å². The molecule has 3 rings (SSSR count). The first-order valence-corrected chi connectivity index (χ1v) is 9.21. The van der Waals surface area contributed by atoms with E-state index < -0.39 is 11.9 Å². The van der Waals surface area contributed by atoms with Gasteiger partial charge in [0.05, 0.1) is 0 Å².